The molecule has 0 radical (unpaired) electrons. The van der Waals surface area contributed by atoms with Crippen LogP contribution in [0.25, 0.3) is 0 Å². The number of amides is 3. The zero-order valence-corrected chi connectivity index (χ0v) is 20.0. The number of sulfonamides is 1. The van der Waals surface area contributed by atoms with E-state index >= 15 is 0 Å². The summed E-state index contributed by atoms with van der Waals surface area (Å²) in [7, 11) is -4.02. The average molecular weight is 501 g/mol. The van der Waals surface area contributed by atoms with E-state index in [4.69, 9.17) is 10.6 Å². The Balaban J connectivity index is 1.58. The van der Waals surface area contributed by atoms with E-state index < -0.39 is 53.0 Å². The van der Waals surface area contributed by atoms with Crippen molar-refractivity contribution in [3.05, 3.63) is 71.8 Å². The summed E-state index contributed by atoms with van der Waals surface area (Å²) in [6, 6.07) is 17.2. The Kier molecular flexibility index (Phi) is 7.48. The van der Waals surface area contributed by atoms with Crippen molar-refractivity contribution in [3.63, 3.8) is 0 Å². The number of carbonyl (C=O) groups excluding carboxylic acids is 3. The van der Waals surface area contributed by atoms with Gasteiger partial charge in [0.15, 0.2) is 0 Å². The molecule has 0 aliphatic carbocycles. The van der Waals surface area contributed by atoms with Crippen LogP contribution >= 0.6 is 0 Å². The van der Waals surface area contributed by atoms with Crippen molar-refractivity contribution >= 4 is 27.7 Å². The van der Waals surface area contributed by atoms with Crippen LogP contribution in [0.5, 0.6) is 0 Å². The highest BCUT2D eigenvalue weighted by Gasteiger charge is 2.51. The number of piperazine rings is 1. The lowest BCUT2D eigenvalue weighted by molar-refractivity contribution is -0.222. The summed E-state index contributed by atoms with van der Waals surface area (Å²) in [5, 5.41) is 0. The molecule has 2 aliphatic heterocycles. The number of hydrogen-bond donors (Lipinski definition) is 1. The van der Waals surface area contributed by atoms with Gasteiger partial charge in [-0.2, -0.15) is 0 Å². The van der Waals surface area contributed by atoms with Crippen molar-refractivity contribution in [1.82, 2.24) is 14.3 Å². The van der Waals surface area contributed by atoms with Crippen LogP contribution < -0.4 is 5.73 Å². The van der Waals surface area contributed by atoms with Gasteiger partial charge in [0.1, 0.15) is 18.8 Å². The van der Waals surface area contributed by atoms with E-state index in [0.29, 0.717) is 24.9 Å². The summed E-state index contributed by atoms with van der Waals surface area (Å²) >= 11 is 0. The third-order valence-electron chi connectivity index (χ3n) is 6.08. The van der Waals surface area contributed by atoms with Crippen molar-refractivity contribution in [2.45, 2.75) is 37.2 Å². The molecule has 10 nitrogen and oxygen atoms in total. The molecular formula is C24H28N4O6S. The number of benzene rings is 2. The summed E-state index contributed by atoms with van der Waals surface area (Å²) in [6.07, 6.45) is -0.158. The van der Waals surface area contributed by atoms with Gasteiger partial charge in [0, 0.05) is 6.54 Å². The minimum atomic E-state index is -4.02. The standard InChI is InChI=1S/C24H28N4O6S/c25-21(29)14-20-24(31)26(13-7-12-18-8-3-1-4-9-18)15-22-27(20)23(30)16-34-28(22)35(32,33)17-19-10-5-2-6-11-19/h1-6,8-11,20,22H,7,12-17H2,(H2,25,29). The number of nitrogens with zero attached hydrogens (tertiary/aromatic N) is 3. The quantitative estimate of drug-likeness (QED) is 0.538. The molecule has 0 spiro atoms. The zero-order chi connectivity index (χ0) is 25.0. The van der Waals surface area contributed by atoms with E-state index in [1.54, 1.807) is 30.3 Å². The topological polar surface area (TPSA) is 130 Å². The maximum atomic E-state index is 13.3. The van der Waals surface area contributed by atoms with E-state index in [0.717, 1.165) is 14.9 Å². The predicted molar refractivity (Wildman–Crippen MR) is 126 cm³/mol. The Hall–Kier alpha value is -3.28. The van der Waals surface area contributed by atoms with Crippen LogP contribution in [-0.4, -0.2) is 72.3 Å². The first-order valence-corrected chi connectivity index (χ1v) is 13.0. The minimum Gasteiger partial charge on any atom is -0.370 e. The van der Waals surface area contributed by atoms with Crippen molar-refractivity contribution < 1.29 is 27.6 Å². The molecule has 186 valence electrons. The van der Waals surface area contributed by atoms with E-state index in [1.807, 2.05) is 30.3 Å². The first-order valence-electron chi connectivity index (χ1n) is 11.4. The van der Waals surface area contributed by atoms with Crippen molar-refractivity contribution in [3.8, 4) is 0 Å². The monoisotopic (exact) mass is 500 g/mol. The molecule has 4 rings (SSSR count). The number of fused-ring (bicyclic) bond motifs is 1. The molecule has 2 atom stereocenters. The lowest BCUT2D eigenvalue weighted by Gasteiger charge is -2.50. The van der Waals surface area contributed by atoms with Crippen LogP contribution in [0.4, 0.5) is 0 Å². The Morgan fingerprint density at radius 3 is 2.26 bits per heavy atom. The number of hydrogen-bond acceptors (Lipinski definition) is 6. The number of rotatable bonds is 9. The number of carbonyl (C=O) groups is 3. The fourth-order valence-corrected chi connectivity index (χ4v) is 6.00. The molecule has 0 bridgehead atoms. The third-order valence-corrected chi connectivity index (χ3v) is 7.68. The number of primary amides is 1. The lowest BCUT2D eigenvalue weighted by Crippen LogP contribution is -2.72. The molecule has 2 fully saturated rings. The number of nitrogens with two attached hydrogens (primary N) is 1. The van der Waals surface area contributed by atoms with Gasteiger partial charge in [0.25, 0.3) is 5.91 Å². The second-order valence-corrected chi connectivity index (χ2v) is 10.4. The average Bonchev–Trinajstić information content (AvgIpc) is 2.82. The minimum absolute atomic E-state index is 0.0668. The van der Waals surface area contributed by atoms with Gasteiger partial charge in [-0.1, -0.05) is 65.1 Å². The van der Waals surface area contributed by atoms with Gasteiger partial charge < -0.3 is 15.5 Å². The van der Waals surface area contributed by atoms with E-state index in [1.165, 1.54) is 4.90 Å². The molecule has 2 N–H and O–H groups in total. The Labute approximate surface area is 204 Å². The van der Waals surface area contributed by atoms with Gasteiger partial charge in [0.2, 0.25) is 21.8 Å². The maximum Gasteiger partial charge on any atom is 0.252 e. The molecule has 2 aromatic rings. The van der Waals surface area contributed by atoms with Gasteiger partial charge in [0.05, 0.1) is 18.7 Å². The Bertz CT molecular complexity index is 1180. The summed E-state index contributed by atoms with van der Waals surface area (Å²) in [5.41, 5.74) is 7.05. The molecule has 11 heteroatoms. The van der Waals surface area contributed by atoms with Crippen LogP contribution in [-0.2, 0) is 41.4 Å². The van der Waals surface area contributed by atoms with E-state index in [2.05, 4.69) is 0 Å². The molecule has 2 saturated heterocycles. The van der Waals surface area contributed by atoms with Crippen LogP contribution in [0.2, 0.25) is 0 Å². The molecule has 2 aromatic carbocycles. The molecule has 2 unspecified atom stereocenters. The second-order valence-electron chi connectivity index (χ2n) is 8.61. The van der Waals surface area contributed by atoms with Gasteiger partial charge in [-0.25, -0.2) is 8.42 Å². The van der Waals surface area contributed by atoms with E-state index in [-0.39, 0.29) is 12.3 Å². The molecule has 35 heavy (non-hydrogen) atoms. The van der Waals surface area contributed by atoms with Crippen LogP contribution in [0.15, 0.2) is 60.7 Å². The highest BCUT2D eigenvalue weighted by atomic mass is 32.2. The SMILES string of the molecule is NC(=O)CC1C(=O)N(CCCc2ccccc2)CC2N1C(=O)CON2S(=O)(=O)Cc1ccccc1. The van der Waals surface area contributed by atoms with E-state index in [9.17, 15) is 22.8 Å². The fraction of sp³-hybridized carbons (Fsp3) is 0.375. The zero-order valence-electron chi connectivity index (χ0n) is 19.2. The first-order chi connectivity index (χ1) is 16.8. The Morgan fingerprint density at radius 2 is 1.63 bits per heavy atom. The Morgan fingerprint density at radius 1 is 1.00 bits per heavy atom. The summed E-state index contributed by atoms with van der Waals surface area (Å²) in [5.74, 6) is -2.09. The van der Waals surface area contributed by atoms with Gasteiger partial charge in [-0.3, -0.25) is 19.2 Å². The summed E-state index contributed by atoms with van der Waals surface area (Å²) in [4.78, 5) is 45.8. The number of aryl methyl sites for hydroxylation is 1. The molecule has 3 amide bonds. The highest BCUT2D eigenvalue weighted by molar-refractivity contribution is 7.88. The van der Waals surface area contributed by atoms with Crippen molar-refractivity contribution in [2.24, 2.45) is 5.73 Å². The number of hydroxylamine groups is 1. The smallest absolute Gasteiger partial charge is 0.252 e. The molecule has 0 aromatic heterocycles. The van der Waals surface area contributed by atoms with Crippen LogP contribution in [0, 0.1) is 0 Å². The van der Waals surface area contributed by atoms with Gasteiger partial charge in [-0.15, -0.1) is 0 Å². The molecular weight excluding hydrogens is 472 g/mol. The molecule has 0 saturated carbocycles. The van der Waals surface area contributed by atoms with Crippen molar-refractivity contribution in [1.29, 1.82) is 0 Å². The van der Waals surface area contributed by atoms with Crippen LogP contribution in [0.3, 0.4) is 0 Å². The van der Waals surface area contributed by atoms with Crippen molar-refractivity contribution in [2.75, 3.05) is 19.7 Å². The largest absolute Gasteiger partial charge is 0.370 e. The van der Waals surface area contributed by atoms with Gasteiger partial charge >= 0.3 is 0 Å². The first kappa shape index (κ1) is 24.8. The van der Waals surface area contributed by atoms with Crippen LogP contribution in [0.1, 0.15) is 24.0 Å². The summed E-state index contributed by atoms with van der Waals surface area (Å²) < 4.78 is 27.4. The lowest BCUT2D eigenvalue weighted by atomic mass is 10.0. The predicted octanol–water partition coefficient (Wildman–Crippen LogP) is 0.637. The third kappa shape index (κ3) is 5.69. The highest BCUT2D eigenvalue weighted by Crippen LogP contribution is 2.29. The normalized spacial score (nSPS) is 21.1. The fourth-order valence-electron chi connectivity index (χ4n) is 4.51. The molecule has 2 heterocycles. The second kappa shape index (κ2) is 10.5. The summed E-state index contributed by atoms with van der Waals surface area (Å²) in [6.45, 7) is -0.294. The maximum absolute atomic E-state index is 13.3. The molecule has 2 aliphatic rings. The van der Waals surface area contributed by atoms with Gasteiger partial charge in [-0.05, 0) is 24.0 Å².